The molecule has 7 nitrogen and oxygen atoms in total. The zero-order chi connectivity index (χ0) is 18.5. The van der Waals surface area contributed by atoms with Crippen molar-refractivity contribution in [2.24, 2.45) is 0 Å². The summed E-state index contributed by atoms with van der Waals surface area (Å²) in [7, 11) is 0. The second-order valence-corrected chi connectivity index (χ2v) is 6.97. The highest BCUT2D eigenvalue weighted by atomic mass is 16.5. The van der Waals surface area contributed by atoms with Crippen molar-refractivity contribution in [1.82, 2.24) is 25.6 Å². The number of nitrogens with zero attached hydrogens (tertiary/aromatic N) is 3. The van der Waals surface area contributed by atoms with Crippen molar-refractivity contribution in [2.45, 2.75) is 45.7 Å². The van der Waals surface area contributed by atoms with Crippen molar-refractivity contribution >= 4 is 5.91 Å². The fourth-order valence-electron chi connectivity index (χ4n) is 3.21. The van der Waals surface area contributed by atoms with E-state index in [-0.39, 0.29) is 11.9 Å². The lowest BCUT2D eigenvalue weighted by Gasteiger charge is -2.22. The lowest BCUT2D eigenvalue weighted by Crippen LogP contribution is -2.37. The van der Waals surface area contributed by atoms with Gasteiger partial charge in [0.25, 0.3) is 5.91 Å². The van der Waals surface area contributed by atoms with E-state index in [1.807, 2.05) is 43.7 Å². The van der Waals surface area contributed by atoms with E-state index < -0.39 is 0 Å². The standard InChI is InChI=1S/C19H27N5O2/c1-13-5-4-6-14(2)18(13)26-12-15(3)21-19(25)17-11-24(23-22-17)16-7-9-20-10-8-16/h4-6,11,15-16,20H,7-10,12H2,1-3H3,(H,21,25). The van der Waals surface area contributed by atoms with Crippen LogP contribution in [-0.2, 0) is 0 Å². The summed E-state index contributed by atoms with van der Waals surface area (Å²) in [5.74, 6) is 0.660. The third-order valence-electron chi connectivity index (χ3n) is 4.69. The predicted molar refractivity (Wildman–Crippen MR) is 99.5 cm³/mol. The second kappa shape index (κ2) is 8.31. The number of carbonyl (C=O) groups excluding carboxylic acids is 1. The van der Waals surface area contributed by atoms with Gasteiger partial charge < -0.3 is 15.4 Å². The molecular weight excluding hydrogens is 330 g/mol. The fourth-order valence-corrected chi connectivity index (χ4v) is 3.21. The summed E-state index contributed by atoms with van der Waals surface area (Å²) in [5.41, 5.74) is 2.53. The molecule has 2 N–H and O–H groups in total. The molecule has 1 saturated heterocycles. The van der Waals surface area contributed by atoms with Gasteiger partial charge in [0.2, 0.25) is 0 Å². The van der Waals surface area contributed by atoms with Crippen LogP contribution in [-0.4, -0.2) is 46.6 Å². The number of nitrogens with one attached hydrogen (secondary N) is 2. The number of rotatable bonds is 6. The first-order valence-electron chi connectivity index (χ1n) is 9.17. The first-order valence-corrected chi connectivity index (χ1v) is 9.17. The van der Waals surface area contributed by atoms with Gasteiger partial charge in [-0.3, -0.25) is 4.79 Å². The summed E-state index contributed by atoms with van der Waals surface area (Å²) in [4.78, 5) is 12.4. The fraction of sp³-hybridized carbons (Fsp3) is 0.526. The van der Waals surface area contributed by atoms with Crippen molar-refractivity contribution in [1.29, 1.82) is 0 Å². The van der Waals surface area contributed by atoms with Gasteiger partial charge in [-0.05, 0) is 57.8 Å². The van der Waals surface area contributed by atoms with E-state index in [1.165, 1.54) is 0 Å². The van der Waals surface area contributed by atoms with Gasteiger partial charge in [0.05, 0.1) is 18.3 Å². The first-order chi connectivity index (χ1) is 12.5. The number of benzene rings is 1. The smallest absolute Gasteiger partial charge is 0.273 e. The maximum Gasteiger partial charge on any atom is 0.273 e. The Balaban J connectivity index is 1.53. The van der Waals surface area contributed by atoms with Crippen LogP contribution in [0.2, 0.25) is 0 Å². The van der Waals surface area contributed by atoms with Gasteiger partial charge in [0, 0.05) is 0 Å². The average molecular weight is 357 g/mol. The molecule has 26 heavy (non-hydrogen) atoms. The predicted octanol–water partition coefficient (Wildman–Crippen LogP) is 2.02. The molecule has 0 spiro atoms. The first kappa shape index (κ1) is 18.4. The molecule has 1 amide bonds. The lowest BCUT2D eigenvalue weighted by atomic mass is 10.1. The second-order valence-electron chi connectivity index (χ2n) is 6.97. The van der Waals surface area contributed by atoms with Gasteiger partial charge in [-0.2, -0.15) is 0 Å². The molecule has 1 aromatic carbocycles. The summed E-state index contributed by atoms with van der Waals surface area (Å²) in [6, 6.07) is 6.23. The molecule has 0 saturated carbocycles. The normalized spacial score (nSPS) is 16.3. The largest absolute Gasteiger partial charge is 0.491 e. The minimum atomic E-state index is -0.220. The van der Waals surface area contributed by atoms with Crippen molar-refractivity contribution in [3.05, 3.63) is 41.2 Å². The number of piperidine rings is 1. The molecule has 7 heteroatoms. The summed E-state index contributed by atoms with van der Waals surface area (Å²) in [6.45, 7) is 8.30. The van der Waals surface area contributed by atoms with Crippen LogP contribution in [0.1, 0.15) is 47.4 Å². The molecule has 1 atom stereocenters. The highest BCUT2D eigenvalue weighted by Crippen LogP contribution is 2.22. The minimum absolute atomic E-state index is 0.134. The van der Waals surface area contributed by atoms with Crippen LogP contribution in [0.3, 0.4) is 0 Å². The van der Waals surface area contributed by atoms with Gasteiger partial charge in [-0.1, -0.05) is 23.4 Å². The zero-order valence-corrected chi connectivity index (χ0v) is 15.7. The van der Waals surface area contributed by atoms with Crippen LogP contribution in [0.4, 0.5) is 0 Å². The number of hydrogen-bond acceptors (Lipinski definition) is 5. The van der Waals surface area contributed by atoms with Crippen molar-refractivity contribution in [3.8, 4) is 5.75 Å². The summed E-state index contributed by atoms with van der Waals surface area (Å²) < 4.78 is 7.72. The van der Waals surface area contributed by atoms with Crippen LogP contribution >= 0.6 is 0 Å². The number of ether oxygens (including phenoxy) is 1. The minimum Gasteiger partial charge on any atom is -0.491 e. The van der Waals surface area contributed by atoms with Crippen LogP contribution in [0.25, 0.3) is 0 Å². The van der Waals surface area contributed by atoms with E-state index in [9.17, 15) is 4.79 Å². The molecular formula is C19H27N5O2. The number of aromatic nitrogens is 3. The topological polar surface area (TPSA) is 81.1 Å². The van der Waals surface area contributed by atoms with Crippen molar-refractivity contribution < 1.29 is 9.53 Å². The van der Waals surface area contributed by atoms with E-state index in [1.54, 1.807) is 6.20 Å². The Morgan fingerprint density at radius 3 is 2.73 bits per heavy atom. The van der Waals surface area contributed by atoms with Crippen molar-refractivity contribution in [3.63, 3.8) is 0 Å². The van der Waals surface area contributed by atoms with Crippen LogP contribution in [0.15, 0.2) is 24.4 Å². The third-order valence-corrected chi connectivity index (χ3v) is 4.69. The number of carbonyl (C=O) groups is 1. The van der Waals surface area contributed by atoms with Crippen LogP contribution in [0, 0.1) is 13.8 Å². The maximum absolute atomic E-state index is 12.4. The molecule has 0 aliphatic carbocycles. The highest BCUT2D eigenvalue weighted by Gasteiger charge is 2.19. The van der Waals surface area contributed by atoms with E-state index in [0.717, 1.165) is 42.8 Å². The van der Waals surface area contributed by atoms with Gasteiger partial charge in [-0.15, -0.1) is 5.10 Å². The summed E-state index contributed by atoms with van der Waals surface area (Å²) in [6.07, 6.45) is 3.75. The Kier molecular flexibility index (Phi) is 5.88. The molecule has 0 bridgehead atoms. The Morgan fingerprint density at radius 1 is 1.35 bits per heavy atom. The summed E-state index contributed by atoms with van der Waals surface area (Å²) in [5, 5.41) is 14.4. The Hall–Kier alpha value is -2.41. The molecule has 140 valence electrons. The van der Waals surface area contributed by atoms with E-state index in [2.05, 4.69) is 20.9 Å². The monoisotopic (exact) mass is 357 g/mol. The highest BCUT2D eigenvalue weighted by molar-refractivity contribution is 5.92. The average Bonchev–Trinajstić information content (AvgIpc) is 3.12. The van der Waals surface area contributed by atoms with Gasteiger partial charge in [0.1, 0.15) is 12.4 Å². The number of amides is 1. The molecule has 1 aliphatic rings. The van der Waals surface area contributed by atoms with Crippen molar-refractivity contribution in [2.75, 3.05) is 19.7 Å². The number of para-hydroxylation sites is 1. The Morgan fingerprint density at radius 2 is 2.04 bits per heavy atom. The molecule has 1 fully saturated rings. The molecule has 1 aliphatic heterocycles. The SMILES string of the molecule is Cc1cccc(C)c1OCC(C)NC(=O)c1cn(C2CCNCC2)nn1. The third kappa shape index (κ3) is 4.40. The summed E-state index contributed by atoms with van der Waals surface area (Å²) >= 11 is 0. The molecule has 1 unspecified atom stereocenters. The van der Waals surface area contributed by atoms with E-state index >= 15 is 0 Å². The van der Waals surface area contributed by atoms with Crippen LogP contribution < -0.4 is 15.4 Å². The molecule has 2 heterocycles. The van der Waals surface area contributed by atoms with Gasteiger partial charge in [-0.25, -0.2) is 4.68 Å². The molecule has 0 radical (unpaired) electrons. The van der Waals surface area contributed by atoms with E-state index in [4.69, 9.17) is 4.74 Å². The molecule has 1 aromatic heterocycles. The molecule has 2 aromatic rings. The van der Waals surface area contributed by atoms with E-state index in [0.29, 0.717) is 18.3 Å². The quantitative estimate of drug-likeness (QED) is 0.827. The molecule has 3 rings (SSSR count). The Labute approximate surface area is 154 Å². The number of aryl methyl sites for hydroxylation is 2. The van der Waals surface area contributed by atoms with Gasteiger partial charge in [0.15, 0.2) is 5.69 Å². The van der Waals surface area contributed by atoms with Gasteiger partial charge >= 0.3 is 0 Å². The maximum atomic E-state index is 12.4. The Bertz CT molecular complexity index is 732. The lowest BCUT2D eigenvalue weighted by molar-refractivity contribution is 0.0921. The zero-order valence-electron chi connectivity index (χ0n) is 15.7. The number of hydrogen-bond donors (Lipinski definition) is 2. The van der Waals surface area contributed by atoms with Crippen LogP contribution in [0.5, 0.6) is 5.75 Å².